The van der Waals surface area contributed by atoms with Gasteiger partial charge in [-0.25, -0.2) is 0 Å². The van der Waals surface area contributed by atoms with Gasteiger partial charge in [0.15, 0.2) is 0 Å². The second-order valence-electron chi connectivity index (χ2n) is 6.45. The number of nitrogens with one attached hydrogen (secondary N) is 1. The molecule has 0 radical (unpaired) electrons. The quantitative estimate of drug-likeness (QED) is 0.466. The van der Waals surface area contributed by atoms with E-state index in [0.29, 0.717) is 0 Å². The van der Waals surface area contributed by atoms with Gasteiger partial charge in [0.2, 0.25) is 0 Å². The Hall–Kier alpha value is 0.0969. The van der Waals surface area contributed by atoms with Gasteiger partial charge in [-0.3, -0.25) is 0 Å². The maximum atomic E-state index is 6.26. The standard InChI is InChI=1S/C15H35NO2Si/c1-8-11-12-16-13-19(17-14(4,5)9-2)18-15(6,7)10-3/h16,19H,8-13H2,1-7H3. The van der Waals surface area contributed by atoms with Gasteiger partial charge in [0, 0.05) is 6.17 Å². The minimum Gasteiger partial charge on any atom is -0.391 e. The van der Waals surface area contributed by atoms with Crippen molar-refractivity contribution in [1.29, 1.82) is 0 Å². The van der Waals surface area contributed by atoms with Crippen LogP contribution in [0.3, 0.4) is 0 Å². The van der Waals surface area contributed by atoms with Gasteiger partial charge in [-0.2, -0.15) is 0 Å². The van der Waals surface area contributed by atoms with Crippen LogP contribution in [-0.2, 0) is 8.85 Å². The van der Waals surface area contributed by atoms with Gasteiger partial charge in [0.25, 0.3) is 0 Å². The van der Waals surface area contributed by atoms with Gasteiger partial charge >= 0.3 is 9.28 Å². The Labute approximate surface area is 122 Å². The van der Waals surface area contributed by atoms with E-state index < -0.39 is 9.28 Å². The van der Waals surface area contributed by atoms with Crippen LogP contribution in [0.4, 0.5) is 0 Å². The molecule has 0 spiro atoms. The highest BCUT2D eigenvalue weighted by Crippen LogP contribution is 2.20. The lowest BCUT2D eigenvalue weighted by Crippen LogP contribution is -2.47. The lowest BCUT2D eigenvalue weighted by atomic mass is 10.1. The Morgan fingerprint density at radius 2 is 1.37 bits per heavy atom. The lowest BCUT2D eigenvalue weighted by Gasteiger charge is -2.34. The highest BCUT2D eigenvalue weighted by atomic mass is 28.3. The van der Waals surface area contributed by atoms with Crippen molar-refractivity contribution in [3.63, 3.8) is 0 Å². The fraction of sp³-hybridized carbons (Fsp3) is 1.00. The molecule has 0 heterocycles. The molecule has 0 aromatic carbocycles. The first kappa shape index (κ1) is 19.1. The van der Waals surface area contributed by atoms with Gasteiger partial charge in [-0.15, -0.1) is 0 Å². The Morgan fingerprint density at radius 3 is 1.74 bits per heavy atom. The van der Waals surface area contributed by atoms with Crippen molar-refractivity contribution < 1.29 is 8.85 Å². The van der Waals surface area contributed by atoms with E-state index >= 15 is 0 Å². The van der Waals surface area contributed by atoms with Gasteiger partial charge in [0.1, 0.15) is 0 Å². The average Bonchev–Trinajstić information content (AvgIpc) is 2.33. The molecule has 0 aromatic rings. The summed E-state index contributed by atoms with van der Waals surface area (Å²) in [6.45, 7) is 16.2. The molecule has 19 heavy (non-hydrogen) atoms. The third-order valence-corrected chi connectivity index (χ3v) is 6.05. The molecule has 0 saturated carbocycles. The maximum absolute atomic E-state index is 6.26. The van der Waals surface area contributed by atoms with Crippen LogP contribution < -0.4 is 5.32 Å². The zero-order valence-corrected chi connectivity index (χ0v) is 15.3. The van der Waals surface area contributed by atoms with Gasteiger partial charge in [0.05, 0.1) is 11.2 Å². The summed E-state index contributed by atoms with van der Waals surface area (Å²) in [4.78, 5) is 0. The van der Waals surface area contributed by atoms with Crippen LogP contribution in [0.25, 0.3) is 0 Å². The molecule has 4 heteroatoms. The summed E-state index contributed by atoms with van der Waals surface area (Å²) in [5.41, 5.74) is -0.152. The van der Waals surface area contributed by atoms with Gasteiger partial charge in [-0.1, -0.05) is 27.2 Å². The van der Waals surface area contributed by atoms with E-state index in [0.717, 1.165) is 25.6 Å². The Balaban J connectivity index is 4.38. The highest BCUT2D eigenvalue weighted by Gasteiger charge is 2.29. The summed E-state index contributed by atoms with van der Waals surface area (Å²) >= 11 is 0. The molecule has 0 aliphatic rings. The highest BCUT2D eigenvalue weighted by molar-refractivity contribution is 6.44. The van der Waals surface area contributed by atoms with E-state index in [2.05, 4.69) is 53.8 Å². The number of hydrogen-bond donors (Lipinski definition) is 1. The summed E-state index contributed by atoms with van der Waals surface area (Å²) in [7, 11) is -1.67. The van der Waals surface area contributed by atoms with E-state index in [1.807, 2.05) is 0 Å². The Bertz CT molecular complexity index is 214. The van der Waals surface area contributed by atoms with Crippen LogP contribution in [0.2, 0.25) is 0 Å². The fourth-order valence-corrected chi connectivity index (χ4v) is 3.92. The molecule has 0 atom stereocenters. The molecule has 1 N–H and O–H groups in total. The molecular weight excluding hydrogens is 254 g/mol. The van der Waals surface area contributed by atoms with Crippen molar-refractivity contribution in [2.24, 2.45) is 0 Å². The predicted molar refractivity (Wildman–Crippen MR) is 85.8 cm³/mol. The monoisotopic (exact) mass is 289 g/mol. The largest absolute Gasteiger partial charge is 0.391 e. The molecule has 0 amide bonds. The van der Waals surface area contributed by atoms with Crippen molar-refractivity contribution in [1.82, 2.24) is 5.32 Å². The molecule has 116 valence electrons. The summed E-state index contributed by atoms with van der Waals surface area (Å²) < 4.78 is 12.5. The molecule has 0 bridgehead atoms. The lowest BCUT2D eigenvalue weighted by molar-refractivity contribution is 0.0130. The van der Waals surface area contributed by atoms with Crippen molar-refractivity contribution in [2.45, 2.75) is 85.4 Å². The first-order chi connectivity index (χ1) is 8.76. The summed E-state index contributed by atoms with van der Waals surface area (Å²) in [5, 5.41) is 3.49. The third-order valence-electron chi connectivity index (χ3n) is 3.62. The normalized spacial score (nSPS) is 13.3. The average molecular weight is 290 g/mol. The molecule has 0 fully saturated rings. The molecule has 0 unspecified atom stereocenters. The zero-order valence-electron chi connectivity index (χ0n) is 14.1. The molecule has 0 aliphatic heterocycles. The summed E-state index contributed by atoms with van der Waals surface area (Å²) in [5.74, 6) is 0. The van der Waals surface area contributed by atoms with E-state index in [9.17, 15) is 0 Å². The van der Waals surface area contributed by atoms with Crippen LogP contribution in [0, 0.1) is 0 Å². The van der Waals surface area contributed by atoms with Crippen molar-refractivity contribution in [3.05, 3.63) is 0 Å². The second-order valence-corrected chi connectivity index (χ2v) is 8.19. The first-order valence-electron chi connectivity index (χ1n) is 7.82. The molecule has 0 saturated heterocycles. The van der Waals surface area contributed by atoms with E-state index in [1.165, 1.54) is 12.8 Å². The summed E-state index contributed by atoms with van der Waals surface area (Å²) in [6, 6.07) is 0. The number of unbranched alkanes of at least 4 members (excludes halogenated alkanes) is 1. The van der Waals surface area contributed by atoms with E-state index in [4.69, 9.17) is 8.85 Å². The third kappa shape index (κ3) is 9.60. The minimum absolute atomic E-state index is 0.0762. The van der Waals surface area contributed by atoms with Gasteiger partial charge < -0.3 is 14.2 Å². The van der Waals surface area contributed by atoms with Crippen LogP contribution in [0.1, 0.15) is 74.1 Å². The smallest absolute Gasteiger partial charge is 0.336 e. The Kier molecular flexibility index (Phi) is 9.16. The SMILES string of the molecule is CCCCNC[SiH](OC(C)(C)CC)OC(C)(C)CC. The predicted octanol–water partition coefficient (Wildman–Crippen LogP) is 3.55. The molecule has 0 rings (SSSR count). The van der Waals surface area contributed by atoms with E-state index in [-0.39, 0.29) is 11.2 Å². The summed E-state index contributed by atoms with van der Waals surface area (Å²) in [6.07, 6.45) is 5.37. The van der Waals surface area contributed by atoms with Crippen LogP contribution in [0.15, 0.2) is 0 Å². The number of rotatable bonds is 11. The zero-order chi connectivity index (χ0) is 14.9. The van der Waals surface area contributed by atoms with Crippen LogP contribution in [0.5, 0.6) is 0 Å². The molecule has 0 aliphatic carbocycles. The molecule has 3 nitrogen and oxygen atoms in total. The van der Waals surface area contributed by atoms with E-state index in [1.54, 1.807) is 0 Å². The number of hydrogen-bond acceptors (Lipinski definition) is 3. The fourth-order valence-electron chi connectivity index (χ4n) is 1.51. The van der Waals surface area contributed by atoms with Crippen LogP contribution in [-0.4, -0.2) is 33.2 Å². The second kappa shape index (κ2) is 9.11. The van der Waals surface area contributed by atoms with Gasteiger partial charge in [-0.05, 0) is 53.5 Å². The van der Waals surface area contributed by atoms with Crippen LogP contribution >= 0.6 is 0 Å². The first-order valence-corrected chi connectivity index (χ1v) is 9.58. The maximum Gasteiger partial charge on any atom is 0.336 e. The van der Waals surface area contributed by atoms with Crippen molar-refractivity contribution >= 4 is 9.28 Å². The topological polar surface area (TPSA) is 30.5 Å². The minimum atomic E-state index is -1.67. The molecular formula is C15H35NO2Si. The van der Waals surface area contributed by atoms with Crippen molar-refractivity contribution in [3.8, 4) is 0 Å². The van der Waals surface area contributed by atoms with Crippen molar-refractivity contribution in [2.75, 3.05) is 12.7 Å². The molecule has 0 aromatic heterocycles. The Morgan fingerprint density at radius 1 is 0.895 bits per heavy atom.